The van der Waals surface area contributed by atoms with E-state index < -0.39 is 5.97 Å². The maximum absolute atomic E-state index is 11.5. The van der Waals surface area contributed by atoms with Gasteiger partial charge in [-0.2, -0.15) is 5.26 Å². The molecule has 1 fully saturated rings. The van der Waals surface area contributed by atoms with Crippen molar-refractivity contribution >= 4 is 16.9 Å². The van der Waals surface area contributed by atoms with E-state index in [4.69, 9.17) is 9.47 Å². The Bertz CT molecular complexity index is 1280. The number of aliphatic carboxylic acids is 1. The van der Waals surface area contributed by atoms with Gasteiger partial charge in [-0.1, -0.05) is 6.07 Å². The van der Waals surface area contributed by atoms with E-state index in [1.165, 1.54) is 5.56 Å². The first-order valence-electron chi connectivity index (χ1n) is 11.9. The number of nitriles is 1. The molecule has 7 heteroatoms. The van der Waals surface area contributed by atoms with Gasteiger partial charge in [0.25, 0.3) is 0 Å². The summed E-state index contributed by atoms with van der Waals surface area (Å²) in [6.45, 7) is 5.80. The highest BCUT2D eigenvalue weighted by atomic mass is 16.5. The van der Waals surface area contributed by atoms with E-state index in [9.17, 15) is 15.2 Å². The molecule has 2 aromatic carbocycles. The maximum Gasteiger partial charge on any atom is 0.305 e. The van der Waals surface area contributed by atoms with E-state index in [1.807, 2.05) is 38.1 Å². The largest absolute Gasteiger partial charge is 0.490 e. The Kier molecular flexibility index (Phi) is 5.93. The maximum atomic E-state index is 11.5. The Morgan fingerprint density at radius 3 is 2.79 bits per heavy atom. The number of carboxylic acid groups (broad SMARTS) is 1. The smallest absolute Gasteiger partial charge is 0.305 e. The lowest BCUT2D eigenvalue weighted by atomic mass is 9.99. The van der Waals surface area contributed by atoms with Crippen molar-refractivity contribution in [1.29, 1.82) is 5.26 Å². The highest BCUT2D eigenvalue weighted by Crippen LogP contribution is 2.49. The minimum Gasteiger partial charge on any atom is -0.490 e. The van der Waals surface area contributed by atoms with Gasteiger partial charge >= 0.3 is 5.97 Å². The van der Waals surface area contributed by atoms with Gasteiger partial charge < -0.3 is 24.5 Å². The minimum atomic E-state index is -0.788. The fourth-order valence-corrected chi connectivity index (χ4v) is 4.96. The third kappa shape index (κ3) is 4.34. The average molecular weight is 460 g/mol. The van der Waals surface area contributed by atoms with Gasteiger partial charge in [-0.3, -0.25) is 4.79 Å². The van der Waals surface area contributed by atoms with Crippen molar-refractivity contribution in [2.45, 2.75) is 64.3 Å². The van der Waals surface area contributed by atoms with E-state index in [-0.39, 0.29) is 18.6 Å². The number of fused-ring (bicyclic) bond motifs is 3. The van der Waals surface area contributed by atoms with Crippen molar-refractivity contribution < 1.29 is 19.4 Å². The molecule has 3 aromatic rings. The van der Waals surface area contributed by atoms with E-state index in [0.717, 1.165) is 53.8 Å². The van der Waals surface area contributed by atoms with Crippen LogP contribution in [0.25, 0.3) is 10.9 Å². The Morgan fingerprint density at radius 1 is 1.26 bits per heavy atom. The summed E-state index contributed by atoms with van der Waals surface area (Å²) in [7, 11) is 0. The van der Waals surface area contributed by atoms with E-state index in [2.05, 4.69) is 28.1 Å². The Morgan fingerprint density at radius 2 is 2.09 bits per heavy atom. The Labute approximate surface area is 198 Å². The van der Waals surface area contributed by atoms with Gasteiger partial charge in [0.15, 0.2) is 0 Å². The second kappa shape index (κ2) is 9.03. The van der Waals surface area contributed by atoms with Gasteiger partial charge in [0.1, 0.15) is 24.2 Å². The molecule has 1 aromatic heterocycles. The molecule has 2 heterocycles. The van der Waals surface area contributed by atoms with Gasteiger partial charge in [0.2, 0.25) is 0 Å². The molecule has 0 radical (unpaired) electrons. The SMILES string of the molecule is CC(C)Oc1ccc(COc2ccc3c(c2)c(C2CC2)c2n3CCNC2CC(=O)O)cc1C#N. The van der Waals surface area contributed by atoms with Crippen LogP contribution in [0.1, 0.15) is 67.5 Å². The number of hydrogen-bond acceptors (Lipinski definition) is 5. The number of ether oxygens (including phenoxy) is 2. The molecule has 1 unspecified atom stereocenters. The molecule has 7 nitrogen and oxygen atoms in total. The van der Waals surface area contributed by atoms with E-state index in [1.54, 1.807) is 0 Å². The van der Waals surface area contributed by atoms with Crippen molar-refractivity contribution in [3.8, 4) is 17.6 Å². The van der Waals surface area contributed by atoms with Crippen molar-refractivity contribution in [2.24, 2.45) is 0 Å². The summed E-state index contributed by atoms with van der Waals surface area (Å²) in [5.41, 5.74) is 4.95. The van der Waals surface area contributed by atoms with Crippen LogP contribution in [0.5, 0.6) is 11.5 Å². The number of carboxylic acids is 1. The minimum absolute atomic E-state index is 0.000117. The predicted molar refractivity (Wildman–Crippen MR) is 128 cm³/mol. The van der Waals surface area contributed by atoms with Gasteiger partial charge in [0.05, 0.1) is 24.1 Å². The molecule has 0 spiro atoms. The molecule has 1 aliphatic carbocycles. The molecule has 0 amide bonds. The van der Waals surface area contributed by atoms with Gasteiger partial charge in [-0.05, 0) is 74.1 Å². The molecule has 176 valence electrons. The molecular formula is C27H29N3O4. The Hall–Kier alpha value is -3.50. The van der Waals surface area contributed by atoms with Crippen LogP contribution < -0.4 is 14.8 Å². The van der Waals surface area contributed by atoms with Crippen LogP contribution in [0.2, 0.25) is 0 Å². The first-order valence-corrected chi connectivity index (χ1v) is 11.9. The van der Waals surface area contributed by atoms with Gasteiger partial charge in [-0.25, -0.2) is 0 Å². The standard InChI is InChI=1S/C27H29N3O4/c1-16(2)34-24-8-3-17(11-19(24)14-28)15-33-20-6-7-23-21(12-20)26(18-4-5-18)27-22(13-25(31)32)29-9-10-30(23)27/h3,6-8,11-12,16,18,22,29H,4-5,9-10,13,15H2,1-2H3,(H,31,32). The van der Waals surface area contributed by atoms with Crippen molar-refractivity contribution in [3.63, 3.8) is 0 Å². The summed E-state index contributed by atoms with van der Waals surface area (Å²) >= 11 is 0. The summed E-state index contributed by atoms with van der Waals surface area (Å²) < 4.78 is 14.1. The number of hydrogen-bond donors (Lipinski definition) is 2. The molecular weight excluding hydrogens is 430 g/mol. The topological polar surface area (TPSA) is 96.5 Å². The summed E-state index contributed by atoms with van der Waals surface area (Å²) in [6, 6.07) is 13.7. The van der Waals surface area contributed by atoms with Crippen LogP contribution in [0.4, 0.5) is 0 Å². The molecule has 0 bridgehead atoms. The van der Waals surface area contributed by atoms with Crippen molar-refractivity contribution in [1.82, 2.24) is 9.88 Å². The van der Waals surface area contributed by atoms with Crippen molar-refractivity contribution in [3.05, 3.63) is 58.8 Å². The van der Waals surface area contributed by atoms with Crippen LogP contribution in [0, 0.1) is 11.3 Å². The zero-order valence-electron chi connectivity index (χ0n) is 19.5. The molecule has 1 saturated carbocycles. The van der Waals surface area contributed by atoms with E-state index >= 15 is 0 Å². The lowest BCUT2D eigenvalue weighted by Crippen LogP contribution is -2.35. The van der Waals surface area contributed by atoms with Crippen LogP contribution >= 0.6 is 0 Å². The first kappa shape index (κ1) is 22.3. The number of aromatic nitrogens is 1. The first-order chi connectivity index (χ1) is 16.4. The van der Waals surface area contributed by atoms with Crippen molar-refractivity contribution in [2.75, 3.05) is 6.54 Å². The fourth-order valence-electron chi connectivity index (χ4n) is 4.96. The zero-order valence-corrected chi connectivity index (χ0v) is 19.5. The van der Waals surface area contributed by atoms with E-state index in [0.29, 0.717) is 23.8 Å². The monoisotopic (exact) mass is 459 g/mol. The second-order valence-electron chi connectivity index (χ2n) is 9.41. The second-order valence-corrected chi connectivity index (χ2v) is 9.41. The summed E-state index contributed by atoms with van der Waals surface area (Å²) in [6.07, 6.45) is 2.36. The summed E-state index contributed by atoms with van der Waals surface area (Å²) in [5.74, 6) is 1.04. The normalized spacial score (nSPS) is 17.4. The van der Waals surface area contributed by atoms with Gasteiger partial charge in [0, 0.05) is 29.7 Å². The highest BCUT2D eigenvalue weighted by molar-refractivity contribution is 5.88. The summed E-state index contributed by atoms with van der Waals surface area (Å²) in [5, 5.41) is 23.5. The number of nitrogens with zero attached hydrogens (tertiary/aromatic N) is 2. The number of rotatable bonds is 8. The lowest BCUT2D eigenvalue weighted by Gasteiger charge is -2.27. The molecule has 34 heavy (non-hydrogen) atoms. The third-order valence-corrected chi connectivity index (χ3v) is 6.47. The molecule has 2 aliphatic rings. The van der Waals surface area contributed by atoms with Crippen LogP contribution in [0.15, 0.2) is 36.4 Å². The molecule has 0 saturated heterocycles. The molecule has 2 N–H and O–H groups in total. The lowest BCUT2D eigenvalue weighted by molar-refractivity contribution is -0.137. The fraction of sp³-hybridized carbons (Fsp3) is 0.407. The highest BCUT2D eigenvalue weighted by Gasteiger charge is 2.36. The summed E-state index contributed by atoms with van der Waals surface area (Å²) in [4.78, 5) is 11.5. The third-order valence-electron chi connectivity index (χ3n) is 6.47. The number of benzene rings is 2. The molecule has 1 atom stereocenters. The van der Waals surface area contributed by atoms with Crippen LogP contribution in [-0.2, 0) is 17.9 Å². The zero-order chi connectivity index (χ0) is 23.8. The average Bonchev–Trinajstić information content (AvgIpc) is 3.59. The van der Waals surface area contributed by atoms with Crippen LogP contribution in [0.3, 0.4) is 0 Å². The Balaban J connectivity index is 1.43. The predicted octanol–water partition coefficient (Wildman–Crippen LogP) is 4.88. The number of carbonyl (C=O) groups is 1. The van der Waals surface area contributed by atoms with Crippen LogP contribution in [-0.4, -0.2) is 28.3 Å². The quantitative estimate of drug-likeness (QED) is 0.499. The number of nitrogens with one attached hydrogen (secondary N) is 1. The molecule has 5 rings (SSSR count). The molecule has 1 aliphatic heterocycles. The van der Waals surface area contributed by atoms with Gasteiger partial charge in [-0.15, -0.1) is 0 Å².